The fourth-order valence-corrected chi connectivity index (χ4v) is 2.69. The molecule has 0 aromatic heterocycles. The second-order valence-electron chi connectivity index (χ2n) is 6.14. The minimum Gasteiger partial charge on any atom is -0.310 e. The minimum absolute atomic E-state index is 0.444. The van der Waals surface area contributed by atoms with Gasteiger partial charge < -0.3 is 5.32 Å². The van der Waals surface area contributed by atoms with Crippen LogP contribution in [-0.4, -0.2) is 6.54 Å². The predicted molar refractivity (Wildman–Crippen MR) is 89.0 cm³/mol. The first-order chi connectivity index (χ1) is 9.63. The Morgan fingerprint density at radius 3 is 2.30 bits per heavy atom. The average molecular weight is 269 g/mol. The zero-order chi connectivity index (χ0) is 14.5. The van der Waals surface area contributed by atoms with Gasteiger partial charge in [0.05, 0.1) is 0 Å². The molecular weight excluding hydrogens is 242 g/mol. The maximum atomic E-state index is 3.73. The summed E-state index contributed by atoms with van der Waals surface area (Å²) in [6.07, 6.45) is 1.18. The Morgan fingerprint density at radius 1 is 0.950 bits per heavy atom. The molecule has 2 aromatic carbocycles. The molecule has 1 nitrogen and oxygen atoms in total. The summed E-state index contributed by atoms with van der Waals surface area (Å²) < 4.78 is 0. The fourth-order valence-electron chi connectivity index (χ4n) is 2.69. The quantitative estimate of drug-likeness (QED) is 0.762. The van der Waals surface area contributed by atoms with Crippen LogP contribution in [0.25, 0.3) is 10.8 Å². The number of rotatable bonds is 6. The summed E-state index contributed by atoms with van der Waals surface area (Å²) >= 11 is 0. The van der Waals surface area contributed by atoms with Gasteiger partial charge >= 0.3 is 0 Å². The maximum Gasteiger partial charge on any atom is 0.0348 e. The molecule has 0 aliphatic rings. The smallest absolute Gasteiger partial charge is 0.0348 e. The summed E-state index contributed by atoms with van der Waals surface area (Å²) in [6.45, 7) is 10.3. The molecule has 0 spiro atoms. The molecule has 2 rings (SSSR count). The van der Waals surface area contributed by atoms with Gasteiger partial charge in [-0.05, 0) is 47.2 Å². The second-order valence-corrected chi connectivity index (χ2v) is 6.14. The van der Waals surface area contributed by atoms with Gasteiger partial charge in [-0.15, -0.1) is 0 Å². The van der Waals surface area contributed by atoms with Crippen molar-refractivity contribution < 1.29 is 0 Å². The van der Waals surface area contributed by atoms with Crippen LogP contribution in [0.5, 0.6) is 0 Å². The van der Waals surface area contributed by atoms with Crippen LogP contribution in [0.1, 0.15) is 45.7 Å². The van der Waals surface area contributed by atoms with Crippen molar-refractivity contribution in [2.45, 2.75) is 40.2 Å². The number of hydrogen-bond acceptors (Lipinski definition) is 1. The number of fused-ring (bicyclic) bond motifs is 1. The first-order valence-corrected chi connectivity index (χ1v) is 7.85. The van der Waals surface area contributed by atoms with Crippen molar-refractivity contribution in [1.29, 1.82) is 0 Å². The summed E-state index contributed by atoms with van der Waals surface area (Å²) in [5.74, 6) is 1.30. The first-order valence-electron chi connectivity index (χ1n) is 7.85. The molecule has 0 saturated heterocycles. The van der Waals surface area contributed by atoms with Gasteiger partial charge in [-0.2, -0.15) is 0 Å². The SMILES string of the molecule is CCCNC(c1ccc2ccccc2c1)C(C)C(C)C. The summed E-state index contributed by atoms with van der Waals surface area (Å²) in [5, 5.41) is 6.39. The third kappa shape index (κ3) is 3.40. The molecule has 0 heterocycles. The van der Waals surface area contributed by atoms with Crippen LogP contribution in [-0.2, 0) is 0 Å². The van der Waals surface area contributed by atoms with Crippen LogP contribution < -0.4 is 5.32 Å². The van der Waals surface area contributed by atoms with Gasteiger partial charge in [-0.1, -0.05) is 64.1 Å². The normalized spacial score (nSPS) is 14.7. The third-order valence-corrected chi connectivity index (χ3v) is 4.32. The molecule has 2 aromatic rings. The topological polar surface area (TPSA) is 12.0 Å². The number of nitrogens with one attached hydrogen (secondary N) is 1. The lowest BCUT2D eigenvalue weighted by molar-refractivity contribution is 0.304. The monoisotopic (exact) mass is 269 g/mol. The largest absolute Gasteiger partial charge is 0.310 e. The second kappa shape index (κ2) is 6.90. The molecule has 0 saturated carbocycles. The van der Waals surface area contributed by atoms with Crippen LogP contribution >= 0.6 is 0 Å². The molecule has 2 atom stereocenters. The molecular formula is C19H27N. The van der Waals surface area contributed by atoms with E-state index in [-0.39, 0.29) is 0 Å². The Kier molecular flexibility index (Phi) is 5.19. The fraction of sp³-hybridized carbons (Fsp3) is 0.474. The summed E-state index contributed by atoms with van der Waals surface area (Å²) in [4.78, 5) is 0. The number of hydrogen-bond donors (Lipinski definition) is 1. The van der Waals surface area contributed by atoms with Crippen LogP contribution in [0.15, 0.2) is 42.5 Å². The van der Waals surface area contributed by atoms with E-state index in [0.29, 0.717) is 17.9 Å². The van der Waals surface area contributed by atoms with Crippen molar-refractivity contribution >= 4 is 10.8 Å². The van der Waals surface area contributed by atoms with E-state index in [1.807, 2.05) is 0 Å². The van der Waals surface area contributed by atoms with Crippen molar-refractivity contribution in [1.82, 2.24) is 5.32 Å². The van der Waals surface area contributed by atoms with E-state index < -0.39 is 0 Å². The average Bonchev–Trinajstić information content (AvgIpc) is 2.47. The van der Waals surface area contributed by atoms with Crippen molar-refractivity contribution in [3.05, 3.63) is 48.0 Å². The van der Waals surface area contributed by atoms with Crippen molar-refractivity contribution in [2.24, 2.45) is 11.8 Å². The molecule has 0 aliphatic carbocycles. The standard InChI is InChI=1S/C19H27N/c1-5-12-20-19(15(4)14(2)3)18-11-10-16-8-6-7-9-17(16)13-18/h6-11,13-15,19-20H,5,12H2,1-4H3. The van der Waals surface area contributed by atoms with Crippen LogP contribution in [0.3, 0.4) is 0 Å². The molecule has 0 radical (unpaired) electrons. The highest BCUT2D eigenvalue weighted by molar-refractivity contribution is 5.83. The van der Waals surface area contributed by atoms with Gasteiger partial charge in [0.1, 0.15) is 0 Å². The number of benzene rings is 2. The Bertz CT molecular complexity index is 544. The molecule has 1 N–H and O–H groups in total. The summed E-state index contributed by atoms with van der Waals surface area (Å²) in [6, 6.07) is 15.9. The van der Waals surface area contributed by atoms with E-state index in [4.69, 9.17) is 0 Å². The maximum absolute atomic E-state index is 3.73. The van der Waals surface area contributed by atoms with Gasteiger partial charge in [0.2, 0.25) is 0 Å². The van der Waals surface area contributed by atoms with E-state index >= 15 is 0 Å². The first kappa shape index (κ1) is 15.1. The highest BCUT2D eigenvalue weighted by Crippen LogP contribution is 2.29. The van der Waals surface area contributed by atoms with E-state index in [2.05, 4.69) is 75.5 Å². The predicted octanol–water partition coefficient (Wildman–Crippen LogP) is 5.17. The van der Waals surface area contributed by atoms with Gasteiger partial charge in [-0.25, -0.2) is 0 Å². The summed E-state index contributed by atoms with van der Waals surface area (Å²) in [5.41, 5.74) is 1.42. The van der Waals surface area contributed by atoms with Gasteiger partial charge in [0.25, 0.3) is 0 Å². The van der Waals surface area contributed by atoms with Gasteiger partial charge in [0.15, 0.2) is 0 Å². The van der Waals surface area contributed by atoms with E-state index in [9.17, 15) is 0 Å². The van der Waals surface area contributed by atoms with E-state index in [0.717, 1.165) is 6.54 Å². The Balaban J connectivity index is 2.34. The third-order valence-electron chi connectivity index (χ3n) is 4.32. The van der Waals surface area contributed by atoms with Gasteiger partial charge in [0, 0.05) is 6.04 Å². The molecule has 20 heavy (non-hydrogen) atoms. The Labute approximate surface area is 123 Å². The van der Waals surface area contributed by atoms with Crippen LogP contribution in [0, 0.1) is 11.8 Å². The molecule has 0 bridgehead atoms. The van der Waals surface area contributed by atoms with Crippen molar-refractivity contribution in [2.75, 3.05) is 6.54 Å². The minimum atomic E-state index is 0.444. The van der Waals surface area contributed by atoms with Gasteiger partial charge in [-0.3, -0.25) is 0 Å². The highest BCUT2D eigenvalue weighted by atomic mass is 14.9. The molecule has 0 aliphatic heterocycles. The van der Waals surface area contributed by atoms with Crippen LogP contribution in [0.2, 0.25) is 0 Å². The zero-order valence-corrected chi connectivity index (χ0v) is 13.2. The molecule has 1 heteroatoms. The molecule has 0 fully saturated rings. The highest BCUT2D eigenvalue weighted by Gasteiger charge is 2.21. The van der Waals surface area contributed by atoms with E-state index in [1.54, 1.807) is 0 Å². The van der Waals surface area contributed by atoms with Crippen LogP contribution in [0.4, 0.5) is 0 Å². The lowest BCUT2D eigenvalue weighted by atomic mass is 9.85. The molecule has 108 valence electrons. The zero-order valence-electron chi connectivity index (χ0n) is 13.2. The lowest BCUT2D eigenvalue weighted by Gasteiger charge is -2.29. The summed E-state index contributed by atoms with van der Waals surface area (Å²) in [7, 11) is 0. The Hall–Kier alpha value is -1.34. The van der Waals surface area contributed by atoms with E-state index in [1.165, 1.54) is 22.8 Å². The van der Waals surface area contributed by atoms with Crippen molar-refractivity contribution in [3.63, 3.8) is 0 Å². The molecule has 0 amide bonds. The lowest BCUT2D eigenvalue weighted by Crippen LogP contribution is -2.30. The van der Waals surface area contributed by atoms with Crippen molar-refractivity contribution in [3.8, 4) is 0 Å². The molecule has 2 unspecified atom stereocenters. The Morgan fingerprint density at radius 2 is 1.65 bits per heavy atom.